The molecule has 39 heavy (non-hydrogen) atoms. The van der Waals surface area contributed by atoms with Gasteiger partial charge in [0, 0.05) is 0 Å². The Morgan fingerprint density at radius 2 is 1.13 bits per heavy atom. The third-order valence-corrected chi connectivity index (χ3v) is 12.9. The van der Waals surface area contributed by atoms with Crippen LogP contribution in [0.4, 0.5) is 0 Å². The van der Waals surface area contributed by atoms with Gasteiger partial charge in [0.05, 0.1) is 16.9 Å². The second kappa shape index (κ2) is 8.70. The number of carboxylic acids is 1. The van der Waals surface area contributed by atoms with Gasteiger partial charge in [0.2, 0.25) is 0 Å². The average Bonchev–Trinajstić information content (AvgIpc) is 2.79. The number of nitrogens with zero attached hydrogens (tertiary/aromatic N) is 1. The SMILES string of the molecule is N#CC1(C23CC(CCc4ccccc4)(C2)C3)CCC1.O=C(O)C1(C23CC(CCc4ccccc4)(C2)C3)CCC1. The normalized spacial score (nSPS) is 36.9. The van der Waals surface area contributed by atoms with E-state index in [9.17, 15) is 15.2 Å². The lowest BCUT2D eigenvalue weighted by molar-refractivity contribution is -0.290. The maximum absolute atomic E-state index is 11.7. The van der Waals surface area contributed by atoms with Gasteiger partial charge in [-0.05, 0) is 123 Å². The van der Waals surface area contributed by atoms with Gasteiger partial charge in [-0.2, -0.15) is 5.26 Å². The van der Waals surface area contributed by atoms with Crippen molar-refractivity contribution in [2.45, 2.75) is 103 Å². The van der Waals surface area contributed by atoms with Crippen LogP contribution in [0.1, 0.15) is 101 Å². The summed E-state index contributed by atoms with van der Waals surface area (Å²) in [6.45, 7) is 0. The molecule has 10 rings (SSSR count). The summed E-state index contributed by atoms with van der Waals surface area (Å²) in [6, 6.07) is 24.2. The van der Waals surface area contributed by atoms with Gasteiger partial charge in [-0.15, -0.1) is 0 Å². The first kappa shape index (κ1) is 25.4. The Labute approximate surface area is 234 Å². The molecule has 0 saturated heterocycles. The topological polar surface area (TPSA) is 61.1 Å². The smallest absolute Gasteiger partial charge is 0.310 e. The third-order valence-electron chi connectivity index (χ3n) is 12.9. The van der Waals surface area contributed by atoms with Crippen molar-refractivity contribution in [2.75, 3.05) is 0 Å². The highest BCUT2D eigenvalue weighted by atomic mass is 16.4. The van der Waals surface area contributed by atoms with Crippen molar-refractivity contribution < 1.29 is 9.90 Å². The molecule has 2 aromatic rings. The zero-order chi connectivity index (χ0) is 26.8. The summed E-state index contributed by atoms with van der Waals surface area (Å²) in [7, 11) is 0. The number of benzene rings is 2. The van der Waals surface area contributed by atoms with Gasteiger partial charge in [0.1, 0.15) is 0 Å². The number of hydrogen-bond acceptors (Lipinski definition) is 2. The van der Waals surface area contributed by atoms with E-state index in [1.54, 1.807) is 0 Å². The number of aryl methyl sites for hydroxylation is 2. The lowest BCUT2D eigenvalue weighted by atomic mass is 9.25. The molecule has 1 N–H and O–H groups in total. The van der Waals surface area contributed by atoms with Gasteiger partial charge in [-0.3, -0.25) is 4.79 Å². The van der Waals surface area contributed by atoms with Crippen LogP contribution in [-0.4, -0.2) is 11.1 Å². The molecule has 8 saturated carbocycles. The Balaban J connectivity index is 0.000000130. The predicted molar refractivity (Wildman–Crippen MR) is 153 cm³/mol. The highest BCUT2D eigenvalue weighted by Gasteiger charge is 2.77. The van der Waals surface area contributed by atoms with Gasteiger partial charge in [0.25, 0.3) is 0 Å². The van der Waals surface area contributed by atoms with Crippen LogP contribution in [0.5, 0.6) is 0 Å². The quantitative estimate of drug-likeness (QED) is 0.360. The van der Waals surface area contributed by atoms with Gasteiger partial charge in [0.15, 0.2) is 0 Å². The number of carbonyl (C=O) groups is 1. The van der Waals surface area contributed by atoms with E-state index < -0.39 is 5.97 Å². The molecule has 2 aromatic carbocycles. The zero-order valence-corrected chi connectivity index (χ0v) is 23.4. The molecule has 0 amide bonds. The van der Waals surface area contributed by atoms with Gasteiger partial charge in [-0.1, -0.05) is 73.5 Å². The summed E-state index contributed by atoms with van der Waals surface area (Å²) in [6.07, 6.45) is 19.1. The van der Waals surface area contributed by atoms with E-state index in [4.69, 9.17) is 0 Å². The maximum Gasteiger partial charge on any atom is 0.310 e. The van der Waals surface area contributed by atoms with E-state index in [0.717, 1.165) is 25.7 Å². The first-order valence-corrected chi connectivity index (χ1v) is 15.5. The van der Waals surface area contributed by atoms with Crippen LogP contribution < -0.4 is 0 Å². The van der Waals surface area contributed by atoms with Crippen molar-refractivity contribution in [2.24, 2.45) is 32.5 Å². The van der Waals surface area contributed by atoms with Crippen molar-refractivity contribution in [1.29, 1.82) is 5.26 Å². The van der Waals surface area contributed by atoms with Crippen LogP contribution in [-0.2, 0) is 17.6 Å². The third kappa shape index (κ3) is 3.62. The van der Waals surface area contributed by atoms with E-state index in [0.29, 0.717) is 16.2 Å². The summed E-state index contributed by atoms with van der Waals surface area (Å²) >= 11 is 0. The summed E-state index contributed by atoms with van der Waals surface area (Å²) < 4.78 is 0. The Kier molecular flexibility index (Phi) is 5.66. The van der Waals surface area contributed by atoms with Crippen LogP contribution in [0.15, 0.2) is 60.7 Å². The van der Waals surface area contributed by atoms with Crippen molar-refractivity contribution in [3.05, 3.63) is 71.8 Å². The Morgan fingerprint density at radius 1 is 0.692 bits per heavy atom. The molecule has 204 valence electrons. The Hall–Kier alpha value is -2.60. The van der Waals surface area contributed by atoms with Gasteiger partial charge in [-0.25, -0.2) is 0 Å². The summed E-state index contributed by atoms with van der Waals surface area (Å²) in [5.74, 6) is -0.514. The second-order valence-corrected chi connectivity index (χ2v) is 14.9. The molecule has 3 heteroatoms. The molecule has 0 aliphatic heterocycles. The fraction of sp³-hybridized carbons (Fsp3) is 0.611. The van der Waals surface area contributed by atoms with Crippen molar-refractivity contribution in [1.82, 2.24) is 0 Å². The van der Waals surface area contributed by atoms with E-state index in [-0.39, 0.29) is 16.2 Å². The van der Waals surface area contributed by atoms with E-state index in [2.05, 4.69) is 66.7 Å². The minimum Gasteiger partial charge on any atom is -0.481 e. The molecular formula is C36H43NO2. The molecule has 4 bridgehead atoms. The standard InChI is InChI=1S/C18H21N.C18H22O2/c19-14-17(8-4-9-17)18-11-16(12-18,13-18)10-7-15-5-2-1-3-6-15;19-15(20)18(8-4-9-18)17-11-16(12-17,13-17)10-7-14-5-2-1-3-6-14/h1-3,5-6H,4,7-13H2;1-3,5-6H,4,7-13H2,(H,19,20). The van der Waals surface area contributed by atoms with Crippen LogP contribution in [0.2, 0.25) is 0 Å². The lowest BCUT2D eigenvalue weighted by Crippen LogP contribution is -2.72. The molecule has 3 nitrogen and oxygen atoms in total. The molecule has 8 aliphatic rings. The number of aliphatic carboxylic acids is 1. The molecule has 0 heterocycles. The average molecular weight is 522 g/mol. The van der Waals surface area contributed by atoms with Crippen LogP contribution >= 0.6 is 0 Å². The maximum atomic E-state index is 11.7. The minimum atomic E-state index is -0.514. The lowest BCUT2D eigenvalue weighted by Gasteiger charge is -2.78. The molecule has 8 fully saturated rings. The van der Waals surface area contributed by atoms with Crippen LogP contribution in [0, 0.1) is 43.8 Å². The largest absolute Gasteiger partial charge is 0.481 e. The molecular weight excluding hydrogens is 478 g/mol. The fourth-order valence-electron chi connectivity index (χ4n) is 10.4. The zero-order valence-electron chi connectivity index (χ0n) is 23.4. The van der Waals surface area contributed by atoms with Crippen molar-refractivity contribution in [3.8, 4) is 6.07 Å². The molecule has 8 aliphatic carbocycles. The summed E-state index contributed by atoms with van der Waals surface area (Å²) in [5.41, 5.74) is 4.42. The van der Waals surface area contributed by atoms with Crippen LogP contribution in [0.25, 0.3) is 0 Å². The highest BCUT2D eigenvalue weighted by Crippen LogP contribution is 2.84. The number of rotatable bonds is 9. The molecule has 0 spiro atoms. The van der Waals surface area contributed by atoms with E-state index in [1.165, 1.54) is 88.2 Å². The van der Waals surface area contributed by atoms with Crippen molar-refractivity contribution >= 4 is 5.97 Å². The number of hydrogen-bond donors (Lipinski definition) is 1. The second-order valence-electron chi connectivity index (χ2n) is 14.9. The van der Waals surface area contributed by atoms with Gasteiger partial charge < -0.3 is 5.11 Å². The van der Waals surface area contributed by atoms with Gasteiger partial charge >= 0.3 is 5.97 Å². The molecule has 0 atom stereocenters. The molecule has 0 unspecified atom stereocenters. The van der Waals surface area contributed by atoms with Crippen LogP contribution in [0.3, 0.4) is 0 Å². The monoisotopic (exact) mass is 521 g/mol. The number of carboxylic acid groups (broad SMARTS) is 1. The fourth-order valence-corrected chi connectivity index (χ4v) is 10.4. The summed E-state index contributed by atoms with van der Waals surface area (Å²) in [5, 5.41) is 19.1. The Bertz CT molecular complexity index is 1240. The minimum absolute atomic E-state index is 0.0987. The Morgan fingerprint density at radius 3 is 1.46 bits per heavy atom. The van der Waals surface area contributed by atoms with Crippen molar-refractivity contribution in [3.63, 3.8) is 0 Å². The number of nitriles is 1. The molecule has 0 radical (unpaired) electrons. The first-order chi connectivity index (χ1) is 18.8. The van der Waals surface area contributed by atoms with E-state index in [1.807, 2.05) is 0 Å². The highest BCUT2D eigenvalue weighted by molar-refractivity contribution is 5.78. The first-order valence-electron chi connectivity index (χ1n) is 15.5. The summed E-state index contributed by atoms with van der Waals surface area (Å²) in [4.78, 5) is 11.7. The predicted octanol–water partition coefficient (Wildman–Crippen LogP) is 8.53. The van der Waals surface area contributed by atoms with E-state index >= 15 is 0 Å². The molecule has 0 aromatic heterocycles.